The number of rotatable bonds is 8. The summed E-state index contributed by atoms with van der Waals surface area (Å²) in [6.07, 6.45) is 8.09. The van der Waals surface area contributed by atoms with Crippen LogP contribution in [0.25, 0.3) is 88.7 Å². The molecule has 0 N–H and O–H groups in total. The van der Waals surface area contributed by atoms with E-state index in [2.05, 4.69) is 246 Å². The Balaban J connectivity index is 0.969. The summed E-state index contributed by atoms with van der Waals surface area (Å²) in [6.45, 7) is 0. The maximum absolute atomic E-state index is 7.08. The van der Waals surface area contributed by atoms with Crippen molar-refractivity contribution in [2.75, 3.05) is 9.80 Å². The average molecular weight is 871 g/mol. The Hall–Kier alpha value is -8.86. The van der Waals surface area contributed by atoms with Crippen molar-refractivity contribution >= 4 is 94.9 Å². The Labute approximate surface area is 393 Å². The highest BCUT2D eigenvalue weighted by molar-refractivity contribution is 6.16. The zero-order valence-electron chi connectivity index (χ0n) is 37.0. The molecule has 0 aliphatic heterocycles. The number of nitrogens with zero attached hydrogens (tertiary/aromatic N) is 2. The molecule has 320 valence electrons. The van der Waals surface area contributed by atoms with Gasteiger partial charge in [-0.2, -0.15) is 0 Å². The summed E-state index contributed by atoms with van der Waals surface area (Å²) in [4.78, 5) is 4.82. The number of anilines is 5. The fourth-order valence-corrected chi connectivity index (χ4v) is 11.1. The third-order valence-corrected chi connectivity index (χ3v) is 14.1. The molecule has 0 amide bonds. The summed E-state index contributed by atoms with van der Waals surface area (Å²) in [5, 5.41) is 6.89. The minimum absolute atomic E-state index is 0.216. The second-order valence-electron chi connectivity index (χ2n) is 17.9. The molecule has 0 saturated heterocycles. The molecule has 2 heterocycles. The van der Waals surface area contributed by atoms with Crippen LogP contribution in [0.4, 0.5) is 28.4 Å². The van der Waals surface area contributed by atoms with Gasteiger partial charge in [0.1, 0.15) is 11.2 Å². The van der Waals surface area contributed by atoms with Crippen LogP contribution < -0.4 is 9.80 Å². The zero-order chi connectivity index (χ0) is 44.7. The molecule has 10 aromatic carbocycles. The number of allylic oxidation sites excluding steroid dienone is 2. The van der Waals surface area contributed by atoms with Gasteiger partial charge in [-0.05, 0) is 76.3 Å². The SMILES string of the molecule is C1=CC2CC=C(N(c3ccccc3)c3cccc4c3oc3c(-c5ccccc5)cccc34)c3ccc4ccc(N(c5ccccc5)c5cccc6c5oc5c(-c7ccccc7)cccc56)c1c4c32. The van der Waals surface area contributed by atoms with Crippen molar-refractivity contribution in [2.24, 2.45) is 0 Å². The van der Waals surface area contributed by atoms with E-state index in [4.69, 9.17) is 8.83 Å². The molecule has 14 rings (SSSR count). The molecule has 0 fully saturated rings. The summed E-state index contributed by atoms with van der Waals surface area (Å²) in [5.74, 6) is 0.216. The first-order valence-electron chi connectivity index (χ1n) is 23.4. The highest BCUT2D eigenvalue weighted by Gasteiger charge is 2.33. The van der Waals surface area contributed by atoms with E-state index in [1.54, 1.807) is 0 Å². The standard InChI is InChI=1S/C64H42N2O2/c1-5-17-41(18-6-1)47-25-13-27-49-51-29-15-31-57(63(51)67-61(47)49)65(45-21-9-3-10-22-45)55-39-35-43-34-38-54-56(40-36-44-33-37-53(55)59(43)60(44)54)66(46-23-11-4-12-24-46)58-32-16-30-52-50-28-14-26-48(62(50)68-64(52)58)42-19-7-2-8-20-42/h1-35,37-40,44H,36H2. The summed E-state index contributed by atoms with van der Waals surface area (Å²) >= 11 is 0. The fourth-order valence-electron chi connectivity index (χ4n) is 11.1. The molecule has 1 unspecified atom stereocenters. The van der Waals surface area contributed by atoms with Gasteiger partial charge in [0, 0.05) is 66.8 Å². The predicted molar refractivity (Wildman–Crippen MR) is 283 cm³/mol. The maximum Gasteiger partial charge on any atom is 0.159 e. The lowest BCUT2D eigenvalue weighted by molar-refractivity contribution is 0.670. The highest BCUT2D eigenvalue weighted by Crippen LogP contribution is 2.53. The van der Waals surface area contributed by atoms with Crippen molar-refractivity contribution in [1.29, 1.82) is 0 Å². The first kappa shape index (κ1) is 38.4. The van der Waals surface area contributed by atoms with Crippen LogP contribution in [-0.4, -0.2) is 0 Å². The lowest BCUT2D eigenvalue weighted by atomic mass is 9.77. The maximum atomic E-state index is 7.08. The van der Waals surface area contributed by atoms with Gasteiger partial charge in [-0.15, -0.1) is 0 Å². The Morgan fingerprint density at radius 3 is 1.44 bits per heavy atom. The minimum Gasteiger partial charge on any atom is -0.453 e. The molecule has 2 aliphatic rings. The van der Waals surface area contributed by atoms with E-state index >= 15 is 0 Å². The van der Waals surface area contributed by atoms with Crippen molar-refractivity contribution in [1.82, 2.24) is 0 Å². The van der Waals surface area contributed by atoms with E-state index < -0.39 is 0 Å². The van der Waals surface area contributed by atoms with Gasteiger partial charge >= 0.3 is 0 Å². The second kappa shape index (κ2) is 15.4. The summed E-state index contributed by atoms with van der Waals surface area (Å²) in [7, 11) is 0. The fraction of sp³-hybridized carbons (Fsp3) is 0.0312. The van der Waals surface area contributed by atoms with Crippen LogP contribution in [0.15, 0.2) is 239 Å². The monoisotopic (exact) mass is 870 g/mol. The predicted octanol–water partition coefficient (Wildman–Crippen LogP) is 18.1. The van der Waals surface area contributed by atoms with Crippen LogP contribution in [0.3, 0.4) is 0 Å². The van der Waals surface area contributed by atoms with Gasteiger partial charge in [-0.1, -0.05) is 194 Å². The van der Waals surface area contributed by atoms with Gasteiger partial charge in [0.15, 0.2) is 11.2 Å². The van der Waals surface area contributed by atoms with Gasteiger partial charge in [0.25, 0.3) is 0 Å². The van der Waals surface area contributed by atoms with Gasteiger partial charge in [0.05, 0.1) is 17.1 Å². The van der Waals surface area contributed by atoms with Crippen molar-refractivity contribution in [3.63, 3.8) is 0 Å². The van der Waals surface area contributed by atoms with Gasteiger partial charge in [0.2, 0.25) is 0 Å². The van der Waals surface area contributed by atoms with Crippen LogP contribution >= 0.6 is 0 Å². The molecule has 0 saturated carbocycles. The molecule has 2 aromatic heterocycles. The van der Waals surface area contributed by atoms with Crippen molar-refractivity contribution < 1.29 is 8.83 Å². The number of furan rings is 2. The number of fused-ring (bicyclic) bond motifs is 6. The van der Waals surface area contributed by atoms with E-state index in [9.17, 15) is 0 Å². The van der Waals surface area contributed by atoms with Crippen molar-refractivity contribution in [2.45, 2.75) is 12.3 Å². The molecule has 12 aromatic rings. The number of benzene rings is 10. The quantitative estimate of drug-likeness (QED) is 0.152. The largest absolute Gasteiger partial charge is 0.453 e. The van der Waals surface area contributed by atoms with Crippen LogP contribution in [0.5, 0.6) is 0 Å². The topological polar surface area (TPSA) is 32.8 Å². The lowest BCUT2D eigenvalue weighted by Crippen LogP contribution is -2.21. The zero-order valence-corrected chi connectivity index (χ0v) is 37.0. The molecular weight excluding hydrogens is 829 g/mol. The average Bonchev–Trinajstić information content (AvgIpc) is 4.00. The number of hydrogen-bond donors (Lipinski definition) is 0. The van der Waals surface area contributed by atoms with E-state index in [1.807, 2.05) is 0 Å². The molecule has 2 aliphatic carbocycles. The van der Waals surface area contributed by atoms with E-state index in [0.29, 0.717) is 0 Å². The van der Waals surface area contributed by atoms with E-state index in [-0.39, 0.29) is 5.92 Å². The lowest BCUT2D eigenvalue weighted by Gasteiger charge is -2.36. The van der Waals surface area contributed by atoms with E-state index in [1.165, 1.54) is 27.5 Å². The molecule has 0 bridgehead atoms. The van der Waals surface area contributed by atoms with Gasteiger partial charge in [-0.25, -0.2) is 0 Å². The molecular formula is C64H42N2O2. The first-order chi connectivity index (χ1) is 33.8. The van der Waals surface area contributed by atoms with E-state index in [0.717, 1.165) is 107 Å². The van der Waals surface area contributed by atoms with Crippen LogP contribution in [-0.2, 0) is 0 Å². The summed E-state index contributed by atoms with van der Waals surface area (Å²) in [6, 6.07) is 77.9. The van der Waals surface area contributed by atoms with Crippen LogP contribution in [0.1, 0.15) is 29.0 Å². The molecule has 4 nitrogen and oxygen atoms in total. The van der Waals surface area contributed by atoms with Crippen LogP contribution in [0.2, 0.25) is 0 Å². The Kier molecular flexibility index (Phi) is 8.68. The minimum atomic E-state index is 0.216. The van der Waals surface area contributed by atoms with Crippen molar-refractivity contribution in [3.8, 4) is 22.3 Å². The summed E-state index contributed by atoms with van der Waals surface area (Å²) < 4.78 is 14.2. The molecule has 0 spiro atoms. The number of hydrogen-bond acceptors (Lipinski definition) is 4. The van der Waals surface area contributed by atoms with Gasteiger partial charge < -0.3 is 18.6 Å². The van der Waals surface area contributed by atoms with Gasteiger partial charge in [-0.3, -0.25) is 0 Å². The smallest absolute Gasteiger partial charge is 0.159 e. The van der Waals surface area contributed by atoms with Crippen molar-refractivity contribution in [3.05, 3.63) is 247 Å². The number of para-hydroxylation sites is 6. The highest BCUT2D eigenvalue weighted by atomic mass is 16.3. The second-order valence-corrected chi connectivity index (χ2v) is 17.9. The third kappa shape index (κ3) is 5.87. The molecule has 68 heavy (non-hydrogen) atoms. The van der Waals surface area contributed by atoms with Crippen LogP contribution in [0, 0.1) is 0 Å². The Bertz CT molecular complexity index is 4000. The Morgan fingerprint density at radius 2 is 0.868 bits per heavy atom. The Morgan fingerprint density at radius 1 is 0.382 bits per heavy atom. The molecule has 4 heteroatoms. The molecule has 1 atom stereocenters. The third-order valence-electron chi connectivity index (χ3n) is 14.1. The normalized spacial score (nSPS) is 14.0. The first-order valence-corrected chi connectivity index (χ1v) is 23.4. The molecule has 0 radical (unpaired) electrons. The summed E-state index contributed by atoms with van der Waals surface area (Å²) in [5.41, 5.74) is 18.1.